The van der Waals surface area contributed by atoms with Crippen molar-refractivity contribution in [1.82, 2.24) is 10.2 Å². The second-order valence-corrected chi connectivity index (χ2v) is 9.73. The molecule has 0 saturated carbocycles. The van der Waals surface area contributed by atoms with Gasteiger partial charge in [-0.3, -0.25) is 9.69 Å². The highest BCUT2D eigenvalue weighted by molar-refractivity contribution is 6.00. The maximum absolute atomic E-state index is 12.0. The van der Waals surface area contributed by atoms with Gasteiger partial charge < -0.3 is 19.9 Å². The Morgan fingerprint density at radius 1 is 0.838 bits per heavy atom. The number of fused-ring (bicyclic) bond motifs is 2. The molecule has 6 heteroatoms. The zero-order chi connectivity index (χ0) is 25.2. The maximum Gasteiger partial charge on any atom is 0.251 e. The van der Waals surface area contributed by atoms with Gasteiger partial charge in [-0.25, -0.2) is 0 Å². The third kappa shape index (κ3) is 4.98. The molecule has 2 aliphatic rings. The number of ether oxygens (including phenoxy) is 2. The van der Waals surface area contributed by atoms with Crippen LogP contribution in [0.5, 0.6) is 23.0 Å². The molecular weight excluding hydrogens is 464 g/mol. The van der Waals surface area contributed by atoms with E-state index in [2.05, 4.69) is 10.2 Å². The average molecular weight is 495 g/mol. The third-order valence-corrected chi connectivity index (χ3v) is 7.22. The minimum Gasteiger partial charge on any atom is -0.508 e. The highest BCUT2D eigenvalue weighted by atomic mass is 16.5. The number of carbonyl (C=O) groups excluding carboxylic acids is 1. The molecule has 37 heavy (non-hydrogen) atoms. The summed E-state index contributed by atoms with van der Waals surface area (Å²) in [5.41, 5.74) is 3.58. The van der Waals surface area contributed by atoms with Gasteiger partial charge in [-0.05, 0) is 103 Å². The number of benzene rings is 4. The second-order valence-electron chi connectivity index (χ2n) is 9.73. The Kier molecular flexibility index (Phi) is 6.41. The van der Waals surface area contributed by atoms with Crippen molar-refractivity contribution >= 4 is 16.7 Å². The fourth-order valence-electron chi connectivity index (χ4n) is 5.22. The van der Waals surface area contributed by atoms with Gasteiger partial charge in [0.2, 0.25) is 0 Å². The maximum atomic E-state index is 12.0. The molecule has 0 unspecified atom stereocenters. The molecule has 0 bridgehead atoms. The van der Waals surface area contributed by atoms with Crippen LogP contribution in [0.4, 0.5) is 0 Å². The van der Waals surface area contributed by atoms with E-state index >= 15 is 0 Å². The first-order chi connectivity index (χ1) is 18.1. The van der Waals surface area contributed by atoms with Gasteiger partial charge in [0.25, 0.3) is 5.91 Å². The second kappa shape index (κ2) is 10.1. The summed E-state index contributed by atoms with van der Waals surface area (Å²) in [4.78, 5) is 14.5. The number of rotatable bonds is 7. The zero-order valence-corrected chi connectivity index (χ0v) is 20.7. The van der Waals surface area contributed by atoms with Crippen LogP contribution in [0.15, 0.2) is 72.8 Å². The summed E-state index contributed by atoms with van der Waals surface area (Å²) in [6.07, 6.45) is 3.90. The van der Waals surface area contributed by atoms with E-state index in [1.54, 1.807) is 12.1 Å². The molecule has 0 aliphatic carbocycles. The SMILES string of the molecule is O=C1NCc2cc(-c3ccc4cc(O)ccc4c3Oc3ccc(OCCN4CCCCC4)cc3)ccc21. The molecule has 4 aromatic carbocycles. The van der Waals surface area contributed by atoms with Crippen molar-refractivity contribution in [3.8, 4) is 34.1 Å². The van der Waals surface area contributed by atoms with Crippen LogP contribution in [0.25, 0.3) is 21.9 Å². The van der Waals surface area contributed by atoms with E-state index in [1.165, 1.54) is 19.3 Å². The van der Waals surface area contributed by atoms with Crippen LogP contribution in [0.3, 0.4) is 0 Å². The normalized spacial score (nSPS) is 15.4. The summed E-state index contributed by atoms with van der Waals surface area (Å²) in [5, 5.41) is 14.7. The number of likely N-dealkylation sites (tertiary alicyclic amines) is 1. The van der Waals surface area contributed by atoms with Crippen LogP contribution in [0, 0.1) is 0 Å². The number of nitrogens with one attached hydrogen (secondary N) is 1. The lowest BCUT2D eigenvalue weighted by molar-refractivity contribution is 0.0965. The van der Waals surface area contributed by atoms with E-state index in [0.29, 0.717) is 30.2 Å². The summed E-state index contributed by atoms with van der Waals surface area (Å²) in [7, 11) is 0. The van der Waals surface area contributed by atoms with Crippen LogP contribution >= 0.6 is 0 Å². The standard InChI is InChI=1S/C31H30N2O4/c34-24-6-13-28-22(19-24)4-11-27(21-5-12-29-23(18-21)20-32-31(29)35)30(28)37-26-9-7-25(8-10-26)36-17-16-33-14-2-1-3-15-33/h4-13,18-19,34H,1-3,14-17,20H2,(H,32,35). The average Bonchev–Trinajstić information content (AvgIpc) is 3.30. The molecule has 2 N–H and O–H groups in total. The van der Waals surface area contributed by atoms with E-state index in [-0.39, 0.29) is 11.7 Å². The lowest BCUT2D eigenvalue weighted by Crippen LogP contribution is -2.33. The number of amides is 1. The van der Waals surface area contributed by atoms with Gasteiger partial charge in [0, 0.05) is 29.6 Å². The first-order valence-corrected chi connectivity index (χ1v) is 12.9. The fraction of sp³-hybridized carbons (Fsp3) is 0.258. The van der Waals surface area contributed by atoms with Crippen molar-refractivity contribution in [3.05, 3.63) is 83.9 Å². The number of piperidine rings is 1. The number of hydrogen-bond donors (Lipinski definition) is 2. The van der Waals surface area contributed by atoms with E-state index in [0.717, 1.165) is 52.8 Å². The minimum absolute atomic E-state index is 0.0368. The number of carbonyl (C=O) groups is 1. The van der Waals surface area contributed by atoms with Gasteiger partial charge in [-0.1, -0.05) is 18.6 Å². The molecule has 6 rings (SSSR count). The Balaban J connectivity index is 1.26. The van der Waals surface area contributed by atoms with Gasteiger partial charge in [0.05, 0.1) is 0 Å². The molecule has 2 aliphatic heterocycles. The Morgan fingerprint density at radius 2 is 1.62 bits per heavy atom. The van der Waals surface area contributed by atoms with E-state index in [9.17, 15) is 9.90 Å². The van der Waals surface area contributed by atoms with Crippen LogP contribution in [-0.4, -0.2) is 42.2 Å². The van der Waals surface area contributed by atoms with Crippen molar-refractivity contribution < 1.29 is 19.4 Å². The molecule has 0 radical (unpaired) electrons. The first-order valence-electron chi connectivity index (χ1n) is 12.9. The molecule has 1 saturated heterocycles. The molecule has 6 nitrogen and oxygen atoms in total. The van der Waals surface area contributed by atoms with E-state index in [4.69, 9.17) is 9.47 Å². The smallest absolute Gasteiger partial charge is 0.251 e. The number of hydrogen-bond acceptors (Lipinski definition) is 5. The quantitative estimate of drug-likeness (QED) is 0.324. The van der Waals surface area contributed by atoms with Crippen molar-refractivity contribution in [2.45, 2.75) is 25.8 Å². The highest BCUT2D eigenvalue weighted by Crippen LogP contribution is 2.41. The molecule has 0 atom stereocenters. The predicted molar refractivity (Wildman–Crippen MR) is 145 cm³/mol. The molecule has 4 aromatic rings. The Bertz CT molecular complexity index is 1440. The number of nitrogens with zero attached hydrogens (tertiary/aromatic N) is 1. The molecule has 2 heterocycles. The molecule has 1 amide bonds. The van der Waals surface area contributed by atoms with E-state index in [1.807, 2.05) is 60.7 Å². The number of phenolic OH excluding ortho intramolecular Hbond substituents is 1. The van der Waals surface area contributed by atoms with Crippen molar-refractivity contribution in [2.24, 2.45) is 0 Å². The van der Waals surface area contributed by atoms with Gasteiger partial charge >= 0.3 is 0 Å². The van der Waals surface area contributed by atoms with Crippen LogP contribution in [0.2, 0.25) is 0 Å². The zero-order valence-electron chi connectivity index (χ0n) is 20.7. The Hall–Kier alpha value is -4.03. The van der Waals surface area contributed by atoms with Gasteiger partial charge in [0.1, 0.15) is 29.6 Å². The summed E-state index contributed by atoms with van der Waals surface area (Å²) in [6.45, 7) is 4.48. The minimum atomic E-state index is -0.0368. The number of phenols is 1. The third-order valence-electron chi connectivity index (χ3n) is 7.22. The fourth-order valence-corrected chi connectivity index (χ4v) is 5.22. The Labute approximate surface area is 216 Å². The summed E-state index contributed by atoms with van der Waals surface area (Å²) in [6, 6.07) is 22.8. The topological polar surface area (TPSA) is 71.0 Å². The van der Waals surface area contributed by atoms with Gasteiger partial charge in [-0.2, -0.15) is 0 Å². The van der Waals surface area contributed by atoms with Crippen LogP contribution in [-0.2, 0) is 6.54 Å². The van der Waals surface area contributed by atoms with Gasteiger partial charge in [0.15, 0.2) is 0 Å². The summed E-state index contributed by atoms with van der Waals surface area (Å²) in [5.74, 6) is 2.39. The molecule has 188 valence electrons. The largest absolute Gasteiger partial charge is 0.508 e. The molecular formula is C31H30N2O4. The van der Waals surface area contributed by atoms with Gasteiger partial charge in [-0.15, -0.1) is 0 Å². The van der Waals surface area contributed by atoms with Crippen molar-refractivity contribution in [2.75, 3.05) is 26.2 Å². The van der Waals surface area contributed by atoms with Crippen molar-refractivity contribution in [1.29, 1.82) is 0 Å². The molecule has 0 spiro atoms. The van der Waals surface area contributed by atoms with Crippen LogP contribution in [0.1, 0.15) is 35.2 Å². The molecule has 0 aromatic heterocycles. The number of aromatic hydroxyl groups is 1. The summed E-state index contributed by atoms with van der Waals surface area (Å²) >= 11 is 0. The van der Waals surface area contributed by atoms with E-state index < -0.39 is 0 Å². The predicted octanol–water partition coefficient (Wildman–Crippen LogP) is 6.11. The monoisotopic (exact) mass is 494 g/mol. The van der Waals surface area contributed by atoms with Crippen LogP contribution < -0.4 is 14.8 Å². The lowest BCUT2D eigenvalue weighted by Gasteiger charge is -2.26. The lowest BCUT2D eigenvalue weighted by atomic mass is 9.96. The first kappa shape index (κ1) is 23.4. The molecule has 1 fully saturated rings. The highest BCUT2D eigenvalue weighted by Gasteiger charge is 2.20. The Morgan fingerprint density at radius 3 is 2.46 bits per heavy atom. The summed E-state index contributed by atoms with van der Waals surface area (Å²) < 4.78 is 12.5. The van der Waals surface area contributed by atoms with Crippen molar-refractivity contribution in [3.63, 3.8) is 0 Å².